The molecule has 1 aromatic rings. The molecule has 1 saturated heterocycles. The van der Waals surface area contributed by atoms with Crippen molar-refractivity contribution in [1.29, 1.82) is 0 Å². The van der Waals surface area contributed by atoms with Gasteiger partial charge in [0.15, 0.2) is 5.75 Å². The maximum atomic E-state index is 10.9. The van der Waals surface area contributed by atoms with Crippen LogP contribution < -0.4 is 5.56 Å². The molecule has 14 heavy (non-hydrogen) atoms. The number of nitrogens with zero attached hydrogens (tertiary/aromatic N) is 1. The molecule has 0 bridgehead atoms. The molecule has 0 aliphatic carbocycles. The number of aromatic hydroxyl groups is 1. The Hall–Kier alpha value is -1.36. The Labute approximate surface area is 80.7 Å². The molecule has 1 aliphatic rings. The Kier molecular flexibility index (Phi) is 2.49. The number of nitrogens with one attached hydrogen (secondary N) is 1. The molecule has 2 N–H and O–H groups in total. The van der Waals surface area contributed by atoms with Gasteiger partial charge in [0.2, 0.25) is 0 Å². The van der Waals surface area contributed by atoms with Gasteiger partial charge in [0.05, 0.1) is 5.69 Å². The summed E-state index contributed by atoms with van der Waals surface area (Å²) >= 11 is 0. The minimum atomic E-state index is -0.541. The van der Waals surface area contributed by atoms with Crippen LogP contribution in [0.15, 0.2) is 10.9 Å². The highest BCUT2D eigenvalue weighted by molar-refractivity contribution is 5.20. The van der Waals surface area contributed by atoms with Crippen LogP contribution in [0.3, 0.4) is 0 Å². The van der Waals surface area contributed by atoms with Gasteiger partial charge in [-0.3, -0.25) is 4.79 Å². The van der Waals surface area contributed by atoms with Gasteiger partial charge in [0.25, 0.3) is 0 Å². The van der Waals surface area contributed by atoms with Crippen molar-refractivity contribution >= 4 is 0 Å². The minimum absolute atomic E-state index is 0.263. The van der Waals surface area contributed by atoms with E-state index in [1.807, 2.05) is 0 Å². The first-order valence-corrected chi connectivity index (χ1v) is 4.63. The van der Waals surface area contributed by atoms with Gasteiger partial charge in [-0.05, 0) is 12.8 Å². The molecule has 0 aromatic carbocycles. The van der Waals surface area contributed by atoms with Crippen LogP contribution in [-0.4, -0.2) is 28.5 Å². The average Bonchev–Trinajstić information content (AvgIpc) is 2.23. The first kappa shape index (κ1) is 9.21. The van der Waals surface area contributed by atoms with Crippen LogP contribution in [0.4, 0.5) is 0 Å². The lowest BCUT2D eigenvalue weighted by Gasteiger charge is -2.20. The molecule has 0 spiro atoms. The van der Waals surface area contributed by atoms with Gasteiger partial charge < -0.3 is 9.84 Å². The third kappa shape index (κ3) is 1.77. The smallest absolute Gasteiger partial charge is 0.306 e. The number of aromatic amines is 1. The molecule has 5 nitrogen and oxygen atoms in total. The van der Waals surface area contributed by atoms with Crippen LogP contribution >= 0.6 is 0 Å². The molecule has 0 atom stereocenters. The normalized spacial score (nSPS) is 18.3. The largest absolute Gasteiger partial charge is 0.503 e. The van der Waals surface area contributed by atoms with Gasteiger partial charge in [-0.2, -0.15) is 5.10 Å². The first-order chi connectivity index (χ1) is 6.77. The molecule has 76 valence electrons. The molecule has 0 unspecified atom stereocenters. The van der Waals surface area contributed by atoms with Crippen molar-refractivity contribution in [1.82, 2.24) is 10.2 Å². The second-order valence-electron chi connectivity index (χ2n) is 3.39. The predicted molar refractivity (Wildman–Crippen MR) is 49.3 cm³/mol. The standard InChI is InChI=1S/C9H12N2O3/c12-8-5-7(10-11-9(8)13)6-1-3-14-4-2-6/h5-6H,1-4H2,(H,10,12)(H,11,13). The van der Waals surface area contributed by atoms with Crippen molar-refractivity contribution in [2.24, 2.45) is 0 Å². The average molecular weight is 196 g/mol. The summed E-state index contributed by atoms with van der Waals surface area (Å²) in [6.45, 7) is 1.43. The third-order valence-electron chi connectivity index (χ3n) is 2.44. The number of aromatic nitrogens is 2. The molecular weight excluding hydrogens is 184 g/mol. The van der Waals surface area contributed by atoms with Gasteiger partial charge in [-0.25, -0.2) is 5.10 Å². The van der Waals surface area contributed by atoms with Crippen LogP contribution in [0.5, 0.6) is 5.75 Å². The maximum Gasteiger partial charge on any atom is 0.306 e. The molecule has 5 heteroatoms. The lowest BCUT2D eigenvalue weighted by molar-refractivity contribution is 0.0842. The molecule has 2 rings (SSSR count). The fourth-order valence-electron chi connectivity index (χ4n) is 1.61. The van der Waals surface area contributed by atoms with Gasteiger partial charge in [-0.15, -0.1) is 0 Å². The SMILES string of the molecule is O=c1[nH]nc(C2CCOCC2)cc1O. The highest BCUT2D eigenvalue weighted by atomic mass is 16.5. The van der Waals surface area contributed by atoms with E-state index < -0.39 is 5.56 Å². The molecule has 0 saturated carbocycles. The number of ether oxygens (including phenoxy) is 1. The van der Waals surface area contributed by atoms with Crippen molar-refractivity contribution in [3.63, 3.8) is 0 Å². The highest BCUT2D eigenvalue weighted by Gasteiger charge is 2.18. The number of rotatable bonds is 1. The summed E-state index contributed by atoms with van der Waals surface area (Å²) in [5, 5.41) is 15.4. The summed E-state index contributed by atoms with van der Waals surface area (Å²) in [4.78, 5) is 10.9. The van der Waals surface area contributed by atoms with E-state index in [1.165, 1.54) is 6.07 Å². The molecular formula is C9H12N2O3. The number of hydrogen-bond acceptors (Lipinski definition) is 4. The van der Waals surface area contributed by atoms with Gasteiger partial charge in [-0.1, -0.05) is 0 Å². The summed E-state index contributed by atoms with van der Waals surface area (Å²) in [5.41, 5.74) is 0.200. The number of hydrogen-bond donors (Lipinski definition) is 2. The quantitative estimate of drug-likeness (QED) is 0.680. The zero-order valence-corrected chi connectivity index (χ0v) is 7.69. The molecule has 1 aromatic heterocycles. The van der Waals surface area contributed by atoms with Crippen LogP contribution in [0.2, 0.25) is 0 Å². The lowest BCUT2D eigenvalue weighted by Crippen LogP contribution is -2.17. The Balaban J connectivity index is 2.22. The molecule has 2 heterocycles. The van der Waals surface area contributed by atoms with E-state index in [9.17, 15) is 9.90 Å². The zero-order valence-electron chi connectivity index (χ0n) is 7.69. The molecule has 0 radical (unpaired) electrons. The lowest BCUT2D eigenvalue weighted by atomic mass is 9.96. The van der Waals surface area contributed by atoms with Gasteiger partial charge in [0.1, 0.15) is 0 Å². The Morgan fingerprint density at radius 2 is 2.21 bits per heavy atom. The molecule has 0 amide bonds. The summed E-state index contributed by atoms with van der Waals surface area (Å²) < 4.78 is 5.21. The van der Waals surface area contributed by atoms with Gasteiger partial charge >= 0.3 is 5.56 Å². The van der Waals surface area contributed by atoms with Crippen molar-refractivity contribution < 1.29 is 9.84 Å². The fourth-order valence-corrected chi connectivity index (χ4v) is 1.61. The molecule has 1 fully saturated rings. The predicted octanol–water partition coefficient (Wildman–Crippen LogP) is 0.369. The van der Waals surface area contributed by atoms with Crippen LogP contribution in [0.1, 0.15) is 24.5 Å². The summed E-state index contributed by atoms with van der Waals surface area (Å²) in [7, 11) is 0. The summed E-state index contributed by atoms with van der Waals surface area (Å²) in [6.07, 6.45) is 1.77. The Morgan fingerprint density at radius 3 is 2.86 bits per heavy atom. The molecule has 1 aliphatic heterocycles. The van der Waals surface area contributed by atoms with Crippen molar-refractivity contribution in [3.05, 3.63) is 22.1 Å². The second-order valence-corrected chi connectivity index (χ2v) is 3.39. The Morgan fingerprint density at radius 1 is 1.50 bits per heavy atom. The van der Waals surface area contributed by atoms with Gasteiger partial charge in [0, 0.05) is 25.2 Å². The first-order valence-electron chi connectivity index (χ1n) is 4.63. The van der Waals surface area contributed by atoms with E-state index in [4.69, 9.17) is 4.74 Å². The van der Waals surface area contributed by atoms with Crippen molar-refractivity contribution in [2.45, 2.75) is 18.8 Å². The zero-order chi connectivity index (χ0) is 9.97. The van der Waals surface area contributed by atoms with E-state index in [0.717, 1.165) is 18.5 Å². The highest BCUT2D eigenvalue weighted by Crippen LogP contribution is 2.25. The second kappa shape index (κ2) is 3.79. The Bertz CT molecular complexity index is 369. The maximum absolute atomic E-state index is 10.9. The van der Waals surface area contributed by atoms with Crippen LogP contribution in [-0.2, 0) is 4.74 Å². The summed E-state index contributed by atoms with van der Waals surface area (Å²) in [6, 6.07) is 1.44. The van der Waals surface area contributed by atoms with E-state index >= 15 is 0 Å². The fraction of sp³-hybridized carbons (Fsp3) is 0.556. The van der Waals surface area contributed by atoms with E-state index in [-0.39, 0.29) is 11.7 Å². The van der Waals surface area contributed by atoms with E-state index in [2.05, 4.69) is 10.2 Å². The van der Waals surface area contributed by atoms with Crippen molar-refractivity contribution in [2.75, 3.05) is 13.2 Å². The van der Waals surface area contributed by atoms with Crippen LogP contribution in [0, 0.1) is 0 Å². The minimum Gasteiger partial charge on any atom is -0.503 e. The van der Waals surface area contributed by atoms with Crippen LogP contribution in [0.25, 0.3) is 0 Å². The number of H-pyrrole nitrogens is 1. The monoisotopic (exact) mass is 196 g/mol. The third-order valence-corrected chi connectivity index (χ3v) is 2.44. The van der Waals surface area contributed by atoms with E-state index in [1.54, 1.807) is 0 Å². The topological polar surface area (TPSA) is 75.2 Å². The summed E-state index contributed by atoms with van der Waals surface area (Å²) in [5.74, 6) is 0.0213. The van der Waals surface area contributed by atoms with Crippen molar-refractivity contribution in [3.8, 4) is 5.75 Å². The van der Waals surface area contributed by atoms with E-state index in [0.29, 0.717) is 13.2 Å².